The molecular formula is C10H12ClNO2. The molecule has 0 spiro atoms. The second-order valence-corrected chi connectivity index (χ2v) is 2.62. The molecule has 14 heavy (non-hydrogen) atoms. The number of halogens is 1. The summed E-state index contributed by atoms with van der Waals surface area (Å²) in [5, 5.41) is 8.39. The molecule has 0 saturated carbocycles. The van der Waals surface area contributed by atoms with Crippen molar-refractivity contribution in [2.24, 2.45) is 5.73 Å². The predicted molar refractivity (Wildman–Crippen MR) is 58.3 cm³/mol. The number of nitrogens with two attached hydrogens (primary N) is 1. The Labute approximate surface area is 88.7 Å². The molecule has 76 valence electrons. The van der Waals surface area contributed by atoms with Gasteiger partial charge in [-0.3, -0.25) is 0 Å². The number of benzene rings is 1. The molecule has 3 N–H and O–H groups in total. The van der Waals surface area contributed by atoms with E-state index in [1.807, 2.05) is 24.3 Å². The third-order valence-corrected chi connectivity index (χ3v) is 1.61. The van der Waals surface area contributed by atoms with Gasteiger partial charge in [-0.2, -0.15) is 0 Å². The molecule has 1 aromatic carbocycles. The van der Waals surface area contributed by atoms with Crippen LogP contribution >= 0.6 is 12.4 Å². The maximum absolute atomic E-state index is 10.2. The van der Waals surface area contributed by atoms with Gasteiger partial charge in [-0.1, -0.05) is 24.3 Å². The Morgan fingerprint density at radius 2 is 2.21 bits per heavy atom. The average Bonchev–Trinajstić information content (AvgIpc) is 2.15. The fourth-order valence-electron chi connectivity index (χ4n) is 0.991. The van der Waals surface area contributed by atoms with Crippen LogP contribution in [0.5, 0.6) is 0 Å². The summed E-state index contributed by atoms with van der Waals surface area (Å²) in [7, 11) is 0. The minimum atomic E-state index is -0.946. The van der Waals surface area contributed by atoms with Crippen molar-refractivity contribution in [2.45, 2.75) is 6.54 Å². The van der Waals surface area contributed by atoms with E-state index in [1.165, 1.54) is 0 Å². The van der Waals surface area contributed by atoms with Gasteiger partial charge in [0, 0.05) is 12.6 Å². The summed E-state index contributed by atoms with van der Waals surface area (Å²) in [6.07, 6.45) is 2.65. The van der Waals surface area contributed by atoms with Crippen molar-refractivity contribution in [1.29, 1.82) is 0 Å². The molecule has 0 aromatic heterocycles. The Morgan fingerprint density at radius 1 is 1.50 bits per heavy atom. The number of hydrogen-bond donors (Lipinski definition) is 2. The smallest absolute Gasteiger partial charge is 0.328 e. The number of carboxylic acids is 1. The summed E-state index contributed by atoms with van der Waals surface area (Å²) in [6.45, 7) is 0.467. The first-order valence-electron chi connectivity index (χ1n) is 3.92. The summed E-state index contributed by atoms with van der Waals surface area (Å²) in [4.78, 5) is 10.2. The van der Waals surface area contributed by atoms with Gasteiger partial charge in [0.05, 0.1) is 0 Å². The van der Waals surface area contributed by atoms with Gasteiger partial charge in [-0.05, 0) is 17.2 Å². The Kier molecular flexibility index (Phi) is 5.60. The summed E-state index contributed by atoms with van der Waals surface area (Å²) in [5.74, 6) is -0.946. The van der Waals surface area contributed by atoms with Crippen LogP contribution in [0.25, 0.3) is 6.08 Å². The van der Waals surface area contributed by atoms with Gasteiger partial charge in [0.25, 0.3) is 0 Å². The van der Waals surface area contributed by atoms with Crippen molar-refractivity contribution < 1.29 is 9.90 Å². The molecule has 1 rings (SSSR count). The van der Waals surface area contributed by atoms with E-state index in [-0.39, 0.29) is 12.4 Å². The molecule has 0 atom stereocenters. The van der Waals surface area contributed by atoms with Gasteiger partial charge in [0.2, 0.25) is 0 Å². The second-order valence-electron chi connectivity index (χ2n) is 2.62. The molecular weight excluding hydrogens is 202 g/mol. The van der Waals surface area contributed by atoms with E-state index < -0.39 is 5.97 Å². The Balaban J connectivity index is 0.00000169. The average molecular weight is 214 g/mol. The van der Waals surface area contributed by atoms with Crippen LogP contribution in [0, 0.1) is 0 Å². The highest BCUT2D eigenvalue weighted by atomic mass is 35.5. The molecule has 0 aliphatic carbocycles. The van der Waals surface area contributed by atoms with Crippen molar-refractivity contribution in [3.05, 3.63) is 41.5 Å². The number of carboxylic acid groups (broad SMARTS) is 1. The lowest BCUT2D eigenvalue weighted by atomic mass is 10.1. The van der Waals surface area contributed by atoms with E-state index in [0.29, 0.717) is 6.54 Å². The van der Waals surface area contributed by atoms with E-state index in [2.05, 4.69) is 0 Å². The highest BCUT2D eigenvalue weighted by molar-refractivity contribution is 5.85. The molecule has 0 radical (unpaired) electrons. The van der Waals surface area contributed by atoms with Gasteiger partial charge in [0.1, 0.15) is 0 Å². The Morgan fingerprint density at radius 3 is 2.79 bits per heavy atom. The van der Waals surface area contributed by atoms with E-state index in [1.54, 1.807) is 6.08 Å². The molecule has 4 heteroatoms. The first-order chi connectivity index (χ1) is 6.22. The monoisotopic (exact) mass is 213 g/mol. The maximum Gasteiger partial charge on any atom is 0.328 e. The van der Waals surface area contributed by atoms with Gasteiger partial charge in [0.15, 0.2) is 0 Å². The number of rotatable bonds is 3. The van der Waals surface area contributed by atoms with E-state index in [4.69, 9.17) is 10.8 Å². The maximum atomic E-state index is 10.2. The molecule has 0 aliphatic heterocycles. The van der Waals surface area contributed by atoms with Crippen LogP contribution in [0.15, 0.2) is 30.3 Å². The highest BCUT2D eigenvalue weighted by Crippen LogP contribution is 2.06. The number of carbonyl (C=O) groups is 1. The molecule has 3 nitrogen and oxygen atoms in total. The molecule has 0 aliphatic rings. The van der Waals surface area contributed by atoms with Crippen LogP contribution < -0.4 is 5.73 Å². The second kappa shape index (κ2) is 6.18. The van der Waals surface area contributed by atoms with E-state index in [0.717, 1.165) is 17.2 Å². The zero-order chi connectivity index (χ0) is 9.68. The van der Waals surface area contributed by atoms with Gasteiger partial charge < -0.3 is 10.8 Å². The minimum Gasteiger partial charge on any atom is -0.478 e. The summed E-state index contributed by atoms with van der Waals surface area (Å²) in [5.41, 5.74) is 7.28. The fraction of sp³-hybridized carbons (Fsp3) is 0.100. The van der Waals surface area contributed by atoms with Crippen molar-refractivity contribution in [1.82, 2.24) is 0 Å². The largest absolute Gasteiger partial charge is 0.478 e. The SMILES string of the molecule is Cl.NCc1cccc(C=CC(=O)O)c1. The molecule has 0 fully saturated rings. The zero-order valence-corrected chi connectivity index (χ0v) is 8.33. The van der Waals surface area contributed by atoms with Gasteiger partial charge >= 0.3 is 5.97 Å². The predicted octanol–water partition coefficient (Wildman–Crippen LogP) is 1.66. The molecule has 0 amide bonds. The van der Waals surface area contributed by atoms with E-state index >= 15 is 0 Å². The van der Waals surface area contributed by atoms with Gasteiger partial charge in [-0.25, -0.2) is 4.79 Å². The van der Waals surface area contributed by atoms with Crippen LogP contribution in [0.2, 0.25) is 0 Å². The molecule has 0 saturated heterocycles. The van der Waals surface area contributed by atoms with Crippen LogP contribution in [0.3, 0.4) is 0 Å². The lowest BCUT2D eigenvalue weighted by molar-refractivity contribution is -0.131. The lowest BCUT2D eigenvalue weighted by Gasteiger charge is -1.97. The van der Waals surface area contributed by atoms with Crippen molar-refractivity contribution in [3.8, 4) is 0 Å². The fourth-order valence-corrected chi connectivity index (χ4v) is 0.991. The van der Waals surface area contributed by atoms with Crippen molar-refractivity contribution >= 4 is 24.5 Å². The first kappa shape index (κ1) is 12.7. The zero-order valence-electron chi connectivity index (χ0n) is 7.51. The topological polar surface area (TPSA) is 63.3 Å². The summed E-state index contributed by atoms with van der Waals surface area (Å²) < 4.78 is 0. The molecule has 0 heterocycles. The standard InChI is InChI=1S/C10H11NO2.ClH/c11-7-9-3-1-2-8(6-9)4-5-10(12)13;/h1-6H,7,11H2,(H,12,13);1H. The van der Waals surface area contributed by atoms with Crippen LogP contribution in [0.1, 0.15) is 11.1 Å². The number of aliphatic carboxylic acids is 1. The van der Waals surface area contributed by atoms with Crippen LogP contribution in [-0.2, 0) is 11.3 Å². The Hall–Kier alpha value is -1.32. The van der Waals surface area contributed by atoms with Gasteiger partial charge in [-0.15, -0.1) is 12.4 Å². The van der Waals surface area contributed by atoms with Crippen LogP contribution in [-0.4, -0.2) is 11.1 Å². The summed E-state index contributed by atoms with van der Waals surface area (Å²) in [6, 6.07) is 7.44. The quantitative estimate of drug-likeness (QED) is 0.751. The Bertz CT molecular complexity index is 337. The third kappa shape index (κ3) is 4.07. The number of hydrogen-bond acceptors (Lipinski definition) is 2. The first-order valence-corrected chi connectivity index (χ1v) is 3.92. The molecule has 0 unspecified atom stereocenters. The third-order valence-electron chi connectivity index (χ3n) is 1.61. The molecule has 0 bridgehead atoms. The van der Waals surface area contributed by atoms with Crippen molar-refractivity contribution in [3.63, 3.8) is 0 Å². The van der Waals surface area contributed by atoms with E-state index in [9.17, 15) is 4.79 Å². The lowest BCUT2D eigenvalue weighted by Crippen LogP contribution is -1.95. The summed E-state index contributed by atoms with van der Waals surface area (Å²) >= 11 is 0. The minimum absolute atomic E-state index is 0. The van der Waals surface area contributed by atoms with Crippen molar-refractivity contribution in [2.75, 3.05) is 0 Å². The molecule has 1 aromatic rings. The highest BCUT2D eigenvalue weighted by Gasteiger charge is 1.91. The normalized spacial score (nSPS) is 9.79. The van der Waals surface area contributed by atoms with Crippen LogP contribution in [0.4, 0.5) is 0 Å².